The summed E-state index contributed by atoms with van der Waals surface area (Å²) >= 11 is 0. The molecule has 1 amide bonds. The average Bonchev–Trinajstić information content (AvgIpc) is 2.26. The van der Waals surface area contributed by atoms with E-state index in [4.69, 9.17) is 11.5 Å². The Labute approximate surface area is 98.3 Å². The van der Waals surface area contributed by atoms with Gasteiger partial charge in [0.25, 0.3) is 0 Å². The molecule has 0 aromatic rings. The number of carbonyl (C=O) groups excluding carboxylic acids is 1. The van der Waals surface area contributed by atoms with Gasteiger partial charge in [0, 0.05) is 12.5 Å². The van der Waals surface area contributed by atoms with Crippen molar-refractivity contribution in [3.05, 3.63) is 0 Å². The van der Waals surface area contributed by atoms with Crippen LogP contribution in [0, 0.1) is 5.92 Å². The number of likely N-dealkylation sites (tertiary alicyclic amines) is 1. The second kappa shape index (κ2) is 6.86. The Balaban J connectivity index is 2.32. The molecule has 1 aliphatic rings. The largest absolute Gasteiger partial charge is 0.370 e. The van der Waals surface area contributed by atoms with Gasteiger partial charge >= 0.3 is 0 Å². The monoisotopic (exact) mass is 227 g/mol. The number of nitrogens with two attached hydrogens (primary N) is 2. The quantitative estimate of drug-likeness (QED) is 0.701. The Morgan fingerprint density at radius 2 is 2.06 bits per heavy atom. The van der Waals surface area contributed by atoms with Crippen LogP contribution in [0.3, 0.4) is 0 Å². The molecular formula is C12H25N3O. The lowest BCUT2D eigenvalue weighted by atomic mass is 9.92. The first kappa shape index (κ1) is 13.5. The molecule has 0 bridgehead atoms. The predicted octanol–water partition coefficient (Wildman–Crippen LogP) is 0.701. The van der Waals surface area contributed by atoms with Crippen molar-refractivity contribution in [2.75, 3.05) is 19.6 Å². The summed E-state index contributed by atoms with van der Waals surface area (Å²) in [5.74, 6) is 0.344. The molecule has 4 heteroatoms. The van der Waals surface area contributed by atoms with Crippen molar-refractivity contribution in [2.24, 2.45) is 17.4 Å². The van der Waals surface area contributed by atoms with E-state index in [2.05, 4.69) is 11.8 Å². The Morgan fingerprint density at radius 3 is 2.50 bits per heavy atom. The molecule has 0 spiro atoms. The summed E-state index contributed by atoms with van der Waals surface area (Å²) < 4.78 is 0. The molecule has 0 radical (unpaired) electrons. The van der Waals surface area contributed by atoms with E-state index in [0.717, 1.165) is 45.3 Å². The minimum absolute atomic E-state index is 0.160. The second-order valence-electron chi connectivity index (χ2n) is 4.79. The van der Waals surface area contributed by atoms with Gasteiger partial charge in [-0.15, -0.1) is 0 Å². The Morgan fingerprint density at radius 1 is 1.44 bits per heavy atom. The Hall–Kier alpha value is -0.610. The first-order valence-corrected chi connectivity index (χ1v) is 6.39. The lowest BCUT2D eigenvalue weighted by Gasteiger charge is -2.37. The number of rotatable bonds is 6. The van der Waals surface area contributed by atoms with E-state index in [1.54, 1.807) is 0 Å². The second-order valence-corrected chi connectivity index (χ2v) is 4.79. The van der Waals surface area contributed by atoms with Crippen LogP contribution in [-0.2, 0) is 4.79 Å². The van der Waals surface area contributed by atoms with Gasteiger partial charge in [-0.1, -0.05) is 6.92 Å². The van der Waals surface area contributed by atoms with Crippen molar-refractivity contribution >= 4 is 5.91 Å². The van der Waals surface area contributed by atoms with Gasteiger partial charge < -0.3 is 16.4 Å². The summed E-state index contributed by atoms with van der Waals surface area (Å²) in [6, 6.07) is 0.625. The minimum atomic E-state index is -0.160. The molecule has 0 aromatic carbocycles. The number of hydrogen-bond acceptors (Lipinski definition) is 3. The Kier molecular flexibility index (Phi) is 5.77. The molecule has 16 heavy (non-hydrogen) atoms. The lowest BCUT2D eigenvalue weighted by Crippen LogP contribution is -2.42. The molecule has 0 aliphatic carbocycles. The highest BCUT2D eigenvalue weighted by Gasteiger charge is 2.24. The predicted molar refractivity (Wildman–Crippen MR) is 65.9 cm³/mol. The summed E-state index contributed by atoms with van der Waals surface area (Å²) in [5.41, 5.74) is 10.8. The molecule has 1 saturated heterocycles. The maximum absolute atomic E-state index is 10.8. The van der Waals surface area contributed by atoms with E-state index in [1.165, 1.54) is 0 Å². The third-order valence-corrected chi connectivity index (χ3v) is 3.63. The summed E-state index contributed by atoms with van der Waals surface area (Å²) in [5, 5.41) is 0. The molecule has 1 heterocycles. The van der Waals surface area contributed by atoms with Gasteiger partial charge in [0.05, 0.1) is 0 Å². The number of hydrogen-bond donors (Lipinski definition) is 2. The van der Waals surface area contributed by atoms with Gasteiger partial charge in [0.15, 0.2) is 0 Å². The molecule has 1 atom stereocenters. The van der Waals surface area contributed by atoms with Gasteiger partial charge in [-0.2, -0.15) is 0 Å². The third-order valence-electron chi connectivity index (χ3n) is 3.63. The molecule has 1 unspecified atom stereocenters. The average molecular weight is 227 g/mol. The SMILES string of the molecule is CCC(CCN)N1CCC(CC(N)=O)CC1. The summed E-state index contributed by atoms with van der Waals surface area (Å²) in [6.07, 6.45) is 5.00. The van der Waals surface area contributed by atoms with Crippen molar-refractivity contribution in [1.82, 2.24) is 4.90 Å². The fourth-order valence-electron chi connectivity index (χ4n) is 2.64. The van der Waals surface area contributed by atoms with Crippen LogP contribution in [0.4, 0.5) is 0 Å². The zero-order valence-electron chi connectivity index (χ0n) is 10.3. The molecule has 4 nitrogen and oxygen atoms in total. The maximum atomic E-state index is 10.8. The molecule has 0 saturated carbocycles. The third kappa shape index (κ3) is 4.10. The number of amides is 1. The zero-order chi connectivity index (χ0) is 12.0. The van der Waals surface area contributed by atoms with Crippen LogP contribution < -0.4 is 11.5 Å². The first-order chi connectivity index (χ1) is 7.67. The van der Waals surface area contributed by atoms with Crippen LogP contribution in [0.1, 0.15) is 39.0 Å². The summed E-state index contributed by atoms with van der Waals surface area (Å²) in [4.78, 5) is 13.4. The number of carbonyl (C=O) groups is 1. The van der Waals surface area contributed by atoms with Gasteiger partial charge in [-0.05, 0) is 51.2 Å². The van der Waals surface area contributed by atoms with Crippen LogP contribution in [0.5, 0.6) is 0 Å². The highest BCUT2D eigenvalue weighted by atomic mass is 16.1. The maximum Gasteiger partial charge on any atom is 0.217 e. The number of nitrogens with zero attached hydrogens (tertiary/aromatic N) is 1. The van der Waals surface area contributed by atoms with E-state index >= 15 is 0 Å². The van der Waals surface area contributed by atoms with E-state index in [-0.39, 0.29) is 5.91 Å². The molecule has 1 fully saturated rings. The van der Waals surface area contributed by atoms with E-state index in [0.29, 0.717) is 18.4 Å². The fraction of sp³-hybridized carbons (Fsp3) is 0.917. The summed E-state index contributed by atoms with van der Waals surface area (Å²) in [6.45, 7) is 5.17. The minimum Gasteiger partial charge on any atom is -0.370 e. The van der Waals surface area contributed by atoms with Gasteiger partial charge in [-0.3, -0.25) is 4.79 Å². The summed E-state index contributed by atoms with van der Waals surface area (Å²) in [7, 11) is 0. The van der Waals surface area contributed by atoms with Crippen molar-refractivity contribution in [2.45, 2.75) is 45.1 Å². The van der Waals surface area contributed by atoms with Gasteiger partial charge in [0.2, 0.25) is 5.91 Å². The normalized spacial score (nSPS) is 20.9. The number of piperidine rings is 1. The van der Waals surface area contributed by atoms with Crippen molar-refractivity contribution < 1.29 is 4.79 Å². The van der Waals surface area contributed by atoms with Crippen LogP contribution in [0.25, 0.3) is 0 Å². The zero-order valence-corrected chi connectivity index (χ0v) is 10.3. The van der Waals surface area contributed by atoms with Crippen LogP contribution in [0.15, 0.2) is 0 Å². The molecule has 1 rings (SSSR count). The lowest BCUT2D eigenvalue weighted by molar-refractivity contribution is -0.119. The van der Waals surface area contributed by atoms with E-state index in [1.807, 2.05) is 0 Å². The number of primary amides is 1. The molecular weight excluding hydrogens is 202 g/mol. The van der Waals surface area contributed by atoms with Crippen LogP contribution in [0.2, 0.25) is 0 Å². The standard InChI is InChI=1S/C12H25N3O/c1-2-11(3-6-13)15-7-4-10(5-8-15)9-12(14)16/h10-11H,2-9,13H2,1H3,(H2,14,16). The topological polar surface area (TPSA) is 72.3 Å². The van der Waals surface area contributed by atoms with E-state index < -0.39 is 0 Å². The highest BCUT2D eigenvalue weighted by Crippen LogP contribution is 2.23. The molecule has 94 valence electrons. The van der Waals surface area contributed by atoms with Gasteiger partial charge in [0.1, 0.15) is 0 Å². The smallest absolute Gasteiger partial charge is 0.217 e. The molecule has 4 N–H and O–H groups in total. The van der Waals surface area contributed by atoms with E-state index in [9.17, 15) is 4.79 Å². The van der Waals surface area contributed by atoms with Crippen molar-refractivity contribution in [3.8, 4) is 0 Å². The van der Waals surface area contributed by atoms with Crippen molar-refractivity contribution in [3.63, 3.8) is 0 Å². The first-order valence-electron chi connectivity index (χ1n) is 6.39. The molecule has 0 aromatic heterocycles. The van der Waals surface area contributed by atoms with Crippen molar-refractivity contribution in [1.29, 1.82) is 0 Å². The molecule has 1 aliphatic heterocycles. The van der Waals surface area contributed by atoms with Gasteiger partial charge in [-0.25, -0.2) is 0 Å². The van der Waals surface area contributed by atoms with Crippen LogP contribution >= 0.6 is 0 Å². The highest BCUT2D eigenvalue weighted by molar-refractivity contribution is 5.73. The van der Waals surface area contributed by atoms with Crippen LogP contribution in [-0.4, -0.2) is 36.5 Å². The fourth-order valence-corrected chi connectivity index (χ4v) is 2.64. The Bertz CT molecular complexity index is 212.